The highest BCUT2D eigenvalue weighted by Crippen LogP contribution is 2.21. The fourth-order valence-corrected chi connectivity index (χ4v) is 6.79. The lowest BCUT2D eigenvalue weighted by molar-refractivity contribution is -0.145. The number of piperidine rings is 1. The van der Waals surface area contributed by atoms with Gasteiger partial charge in [-0.15, -0.1) is 0 Å². The summed E-state index contributed by atoms with van der Waals surface area (Å²) in [5.74, 6) is -3.03. The summed E-state index contributed by atoms with van der Waals surface area (Å²) in [5.41, 5.74) is 6.31. The molecule has 2 amide bonds. The molecule has 0 aromatic heterocycles. The molecule has 6 N–H and O–H groups in total. The molecule has 0 bridgehead atoms. The number of nitrogens with zero attached hydrogens (tertiary/aromatic N) is 2. The lowest BCUT2D eigenvalue weighted by atomic mass is 9.97. The van der Waals surface area contributed by atoms with Crippen LogP contribution in [0.2, 0.25) is 0 Å². The van der Waals surface area contributed by atoms with Crippen molar-refractivity contribution in [1.29, 1.82) is 5.41 Å². The Labute approximate surface area is 269 Å². The maximum absolute atomic E-state index is 14.2. The van der Waals surface area contributed by atoms with Crippen LogP contribution in [0.1, 0.15) is 38.2 Å². The van der Waals surface area contributed by atoms with E-state index in [1.807, 2.05) is 18.2 Å². The van der Waals surface area contributed by atoms with Gasteiger partial charge in [0.05, 0.1) is 17.2 Å². The number of carboxylic acids is 1. The van der Waals surface area contributed by atoms with Gasteiger partial charge in [0.2, 0.25) is 21.8 Å². The van der Waals surface area contributed by atoms with Gasteiger partial charge in [-0.05, 0) is 53.6 Å². The smallest absolute Gasteiger partial charge is 0.308 e. The Bertz CT molecular complexity index is 1640. The molecule has 0 spiro atoms. The minimum atomic E-state index is -4.28. The number of likely N-dealkylation sites (tertiary alicyclic amines) is 1. The number of sulfonamides is 1. The van der Waals surface area contributed by atoms with Crippen molar-refractivity contribution < 1.29 is 27.9 Å². The molecule has 3 aromatic rings. The summed E-state index contributed by atoms with van der Waals surface area (Å²) in [6, 6.07) is 19.4. The molecule has 1 aliphatic heterocycles. The molecule has 1 saturated heterocycles. The van der Waals surface area contributed by atoms with E-state index in [-0.39, 0.29) is 36.3 Å². The second-order valence-corrected chi connectivity index (χ2v) is 13.4. The molecular formula is C33H42N6O6S. The van der Waals surface area contributed by atoms with Crippen molar-refractivity contribution in [3.05, 3.63) is 78.4 Å². The highest BCUT2D eigenvalue weighted by molar-refractivity contribution is 7.89. The van der Waals surface area contributed by atoms with Crippen LogP contribution in [0.4, 0.5) is 0 Å². The number of aliphatic carboxylic acids is 1. The van der Waals surface area contributed by atoms with Crippen molar-refractivity contribution in [1.82, 2.24) is 19.8 Å². The van der Waals surface area contributed by atoms with Crippen molar-refractivity contribution in [3.63, 3.8) is 0 Å². The number of fused-ring (bicyclic) bond motifs is 1. The number of nitrogens with two attached hydrogens (primary N) is 1. The van der Waals surface area contributed by atoms with Crippen molar-refractivity contribution >= 4 is 44.5 Å². The molecule has 3 aromatic carbocycles. The van der Waals surface area contributed by atoms with Crippen LogP contribution in [0.5, 0.6) is 0 Å². The Kier molecular flexibility index (Phi) is 11.7. The van der Waals surface area contributed by atoms with Gasteiger partial charge in [-0.1, -0.05) is 67.6 Å². The Hall–Kier alpha value is -4.49. The number of hydrogen-bond acceptors (Lipinski definition) is 6. The quantitative estimate of drug-likeness (QED) is 0.130. The number of amides is 2. The summed E-state index contributed by atoms with van der Waals surface area (Å²) in [4.78, 5) is 42.4. The van der Waals surface area contributed by atoms with Crippen LogP contribution in [-0.4, -0.2) is 79.3 Å². The SMILES string of the molecule is CC[C@@H](CN(Cc1ccccc1)C(=O)C(CC(=O)NCC1CCN(C(=N)N)CC1)NS(=O)(=O)c1ccc2ccccc2c1)C(=O)O. The number of nitrogens with one attached hydrogen (secondary N) is 3. The average Bonchev–Trinajstić information content (AvgIpc) is 3.05. The van der Waals surface area contributed by atoms with Gasteiger partial charge in [-0.3, -0.25) is 19.8 Å². The van der Waals surface area contributed by atoms with Gasteiger partial charge in [-0.25, -0.2) is 8.42 Å². The molecule has 0 radical (unpaired) electrons. The summed E-state index contributed by atoms with van der Waals surface area (Å²) >= 11 is 0. The highest BCUT2D eigenvalue weighted by Gasteiger charge is 2.34. The molecule has 1 aliphatic rings. The van der Waals surface area contributed by atoms with Crippen LogP contribution in [0.25, 0.3) is 10.8 Å². The zero-order valence-corrected chi connectivity index (χ0v) is 26.7. The monoisotopic (exact) mass is 650 g/mol. The van der Waals surface area contributed by atoms with Crippen LogP contribution in [-0.2, 0) is 31.0 Å². The van der Waals surface area contributed by atoms with Crippen LogP contribution in [0, 0.1) is 17.2 Å². The summed E-state index contributed by atoms with van der Waals surface area (Å²) in [5, 5.41) is 21.8. The van der Waals surface area contributed by atoms with E-state index < -0.39 is 46.2 Å². The molecule has 1 fully saturated rings. The van der Waals surface area contributed by atoms with Crippen LogP contribution < -0.4 is 15.8 Å². The fraction of sp³-hybridized carbons (Fsp3) is 0.394. The third kappa shape index (κ3) is 9.27. The topological polar surface area (TPSA) is 186 Å². The number of carbonyl (C=O) groups is 3. The number of rotatable bonds is 14. The summed E-state index contributed by atoms with van der Waals surface area (Å²) in [6.45, 7) is 3.10. The molecule has 1 unspecified atom stereocenters. The van der Waals surface area contributed by atoms with Crippen LogP contribution in [0.3, 0.4) is 0 Å². The van der Waals surface area contributed by atoms with Crippen molar-refractivity contribution in [3.8, 4) is 0 Å². The Morgan fingerprint density at radius 2 is 1.67 bits per heavy atom. The molecule has 0 saturated carbocycles. The predicted molar refractivity (Wildman–Crippen MR) is 175 cm³/mol. The number of carboxylic acid groups (broad SMARTS) is 1. The van der Waals surface area contributed by atoms with Gasteiger partial charge in [-0.2, -0.15) is 4.72 Å². The van der Waals surface area contributed by atoms with Crippen LogP contribution >= 0.6 is 0 Å². The van der Waals surface area contributed by atoms with E-state index in [4.69, 9.17) is 11.1 Å². The fourth-order valence-electron chi connectivity index (χ4n) is 5.57. The average molecular weight is 651 g/mol. The highest BCUT2D eigenvalue weighted by atomic mass is 32.2. The van der Waals surface area contributed by atoms with Gasteiger partial charge >= 0.3 is 5.97 Å². The van der Waals surface area contributed by atoms with Gasteiger partial charge in [0.25, 0.3) is 0 Å². The molecule has 246 valence electrons. The first-order chi connectivity index (χ1) is 22.0. The molecule has 2 atom stereocenters. The normalized spacial score (nSPS) is 15.2. The summed E-state index contributed by atoms with van der Waals surface area (Å²) < 4.78 is 29.9. The Morgan fingerprint density at radius 3 is 2.30 bits per heavy atom. The third-order valence-electron chi connectivity index (χ3n) is 8.37. The molecule has 0 aliphatic carbocycles. The van der Waals surface area contributed by atoms with Crippen molar-refractivity contribution in [2.45, 2.75) is 50.1 Å². The molecular weight excluding hydrogens is 608 g/mol. The zero-order valence-electron chi connectivity index (χ0n) is 25.9. The largest absolute Gasteiger partial charge is 0.481 e. The number of carbonyl (C=O) groups excluding carboxylic acids is 2. The number of benzene rings is 3. The molecule has 46 heavy (non-hydrogen) atoms. The molecule has 1 heterocycles. The van der Waals surface area contributed by atoms with E-state index in [1.165, 1.54) is 17.0 Å². The van der Waals surface area contributed by atoms with E-state index in [2.05, 4.69) is 10.0 Å². The number of guanidine groups is 1. The Morgan fingerprint density at radius 1 is 1.02 bits per heavy atom. The predicted octanol–water partition coefficient (Wildman–Crippen LogP) is 2.74. The summed E-state index contributed by atoms with van der Waals surface area (Å²) in [6.07, 6.45) is 1.21. The first-order valence-corrected chi connectivity index (χ1v) is 16.9. The Balaban J connectivity index is 1.58. The van der Waals surface area contributed by atoms with Crippen molar-refractivity contribution in [2.75, 3.05) is 26.2 Å². The second-order valence-electron chi connectivity index (χ2n) is 11.7. The van der Waals surface area contributed by atoms with Gasteiger partial charge < -0.3 is 26.0 Å². The van der Waals surface area contributed by atoms with E-state index in [9.17, 15) is 27.9 Å². The van der Waals surface area contributed by atoms with Crippen LogP contribution in [0.15, 0.2) is 77.7 Å². The van der Waals surface area contributed by atoms with E-state index in [0.29, 0.717) is 25.0 Å². The first-order valence-electron chi connectivity index (χ1n) is 15.4. The lowest BCUT2D eigenvalue weighted by Crippen LogP contribution is -2.52. The molecule has 13 heteroatoms. The van der Waals surface area contributed by atoms with E-state index in [0.717, 1.165) is 23.8 Å². The molecule has 12 nitrogen and oxygen atoms in total. The standard InChI is InChI=1S/C33H42N6O6S/c1-2-25(32(42)43)22-39(21-24-8-4-3-5-9-24)31(41)29(19-30(40)36-20-23-14-16-38(17-15-23)33(34)35)37-46(44,45)28-13-12-26-10-6-7-11-27(26)18-28/h3-13,18,23,25,29,37H,2,14-17,19-22H2,1H3,(H3,34,35)(H,36,40)(H,42,43)/t25-,29?/m0/s1. The molecule has 4 rings (SSSR count). The minimum Gasteiger partial charge on any atom is -0.481 e. The minimum absolute atomic E-state index is 0.0100. The van der Waals surface area contributed by atoms with Gasteiger partial charge in [0.15, 0.2) is 5.96 Å². The lowest BCUT2D eigenvalue weighted by Gasteiger charge is -2.32. The first kappa shape index (κ1) is 34.4. The maximum atomic E-state index is 14.2. The second kappa shape index (κ2) is 15.7. The van der Waals surface area contributed by atoms with Gasteiger partial charge in [0, 0.05) is 32.7 Å². The van der Waals surface area contributed by atoms with E-state index >= 15 is 0 Å². The maximum Gasteiger partial charge on any atom is 0.308 e. The summed E-state index contributed by atoms with van der Waals surface area (Å²) in [7, 11) is -4.28. The van der Waals surface area contributed by atoms with Gasteiger partial charge in [0.1, 0.15) is 6.04 Å². The van der Waals surface area contributed by atoms with E-state index in [1.54, 1.807) is 54.3 Å². The zero-order chi connectivity index (χ0) is 33.3. The van der Waals surface area contributed by atoms with Crippen molar-refractivity contribution in [2.24, 2.45) is 17.6 Å². The number of hydrogen-bond donors (Lipinski definition) is 5. The third-order valence-corrected chi connectivity index (χ3v) is 9.84.